The van der Waals surface area contributed by atoms with Crippen molar-refractivity contribution < 1.29 is 4.74 Å². The Kier molecular flexibility index (Phi) is 3.04. The van der Waals surface area contributed by atoms with Crippen molar-refractivity contribution >= 4 is 17.8 Å². The highest BCUT2D eigenvalue weighted by atomic mass is 32.1. The van der Waals surface area contributed by atoms with Gasteiger partial charge in [-0.15, -0.1) is 0 Å². The molecule has 0 saturated carbocycles. The van der Waals surface area contributed by atoms with Crippen LogP contribution in [0.4, 0.5) is 0 Å². The van der Waals surface area contributed by atoms with Gasteiger partial charge in [0.2, 0.25) is 5.55 Å². The average molecular weight is 193 g/mol. The highest BCUT2D eigenvalue weighted by molar-refractivity contribution is 7.78. The first kappa shape index (κ1) is 10.2. The smallest absolute Gasteiger partial charge is 0.245 e. The Morgan fingerprint density at radius 2 is 1.85 bits per heavy atom. The normalized spacial score (nSPS) is 11.0. The molecule has 13 heavy (non-hydrogen) atoms. The zero-order valence-electron chi connectivity index (χ0n) is 8.13. The van der Waals surface area contributed by atoms with Gasteiger partial charge >= 0.3 is 0 Å². The summed E-state index contributed by atoms with van der Waals surface area (Å²) in [6, 6.07) is 7.87. The zero-order valence-corrected chi connectivity index (χ0v) is 8.94. The van der Waals surface area contributed by atoms with Crippen LogP contribution >= 0.6 is 12.2 Å². The van der Waals surface area contributed by atoms with E-state index in [9.17, 15) is 0 Å². The molecule has 1 rings (SSSR count). The largest absolute Gasteiger partial charge is 0.441 e. The number of hydrogen-bond donors (Lipinski definition) is 0. The fraction of sp³-hybridized carbons (Fsp3) is 0.364. The summed E-state index contributed by atoms with van der Waals surface area (Å²) < 4.78 is 5.13. The van der Waals surface area contributed by atoms with Gasteiger partial charge in [-0.05, 0) is 23.7 Å². The molecule has 1 radical (unpaired) electrons. The molecular weight excluding hydrogens is 180 g/mol. The maximum atomic E-state index is 5.13. The van der Waals surface area contributed by atoms with E-state index in [4.69, 9.17) is 4.74 Å². The third-order valence-electron chi connectivity index (χ3n) is 1.85. The third-order valence-corrected chi connectivity index (χ3v) is 1.93. The van der Waals surface area contributed by atoms with E-state index in [-0.39, 0.29) is 5.41 Å². The molecule has 0 spiro atoms. The predicted molar refractivity (Wildman–Crippen MR) is 58.4 cm³/mol. The van der Waals surface area contributed by atoms with Crippen LogP contribution in [0.2, 0.25) is 0 Å². The van der Waals surface area contributed by atoms with Crippen molar-refractivity contribution in [3.63, 3.8) is 0 Å². The lowest BCUT2D eigenvalue weighted by Crippen LogP contribution is -2.12. The van der Waals surface area contributed by atoms with E-state index >= 15 is 0 Å². The molecule has 1 aromatic rings. The summed E-state index contributed by atoms with van der Waals surface area (Å²) in [6.07, 6.45) is 0. The monoisotopic (exact) mass is 193 g/mol. The van der Waals surface area contributed by atoms with E-state index in [0.717, 1.165) is 11.3 Å². The summed E-state index contributed by atoms with van der Waals surface area (Å²) in [4.78, 5) is 0. The van der Waals surface area contributed by atoms with Gasteiger partial charge in [-0.2, -0.15) is 0 Å². The summed E-state index contributed by atoms with van der Waals surface area (Å²) >= 11 is 4.54. The van der Waals surface area contributed by atoms with Crippen LogP contribution in [-0.4, -0.2) is 5.55 Å². The van der Waals surface area contributed by atoms with Crippen LogP contribution in [0, 0.1) is 0 Å². The van der Waals surface area contributed by atoms with E-state index in [1.165, 1.54) is 0 Å². The average Bonchev–Trinajstić information content (AvgIpc) is 2.04. The molecule has 0 heterocycles. The maximum Gasteiger partial charge on any atom is 0.245 e. The van der Waals surface area contributed by atoms with Crippen LogP contribution in [0.15, 0.2) is 24.3 Å². The zero-order chi connectivity index (χ0) is 9.90. The van der Waals surface area contributed by atoms with Crippen molar-refractivity contribution in [1.29, 1.82) is 0 Å². The maximum absolute atomic E-state index is 5.13. The molecule has 0 N–H and O–H groups in total. The molecule has 0 bridgehead atoms. The molecule has 0 aliphatic carbocycles. The lowest BCUT2D eigenvalue weighted by molar-refractivity contribution is 0.522. The second kappa shape index (κ2) is 3.88. The van der Waals surface area contributed by atoms with Gasteiger partial charge in [-0.25, -0.2) is 0 Å². The van der Waals surface area contributed by atoms with Gasteiger partial charge in [0.25, 0.3) is 0 Å². The van der Waals surface area contributed by atoms with E-state index in [1.807, 2.05) is 24.3 Å². The Labute approximate surface area is 84.7 Å². The van der Waals surface area contributed by atoms with Crippen LogP contribution < -0.4 is 4.74 Å². The van der Waals surface area contributed by atoms with E-state index in [0.29, 0.717) is 0 Å². The third kappa shape index (κ3) is 2.52. The Balaban J connectivity index is 3.11. The minimum absolute atomic E-state index is 0.0722. The second-order valence-electron chi connectivity index (χ2n) is 3.93. The number of rotatable bonds is 2. The summed E-state index contributed by atoms with van der Waals surface area (Å²) in [7, 11) is 0. The van der Waals surface area contributed by atoms with E-state index in [1.54, 1.807) is 0 Å². The molecule has 0 aromatic heterocycles. The lowest BCUT2D eigenvalue weighted by Gasteiger charge is -2.21. The summed E-state index contributed by atoms with van der Waals surface area (Å²) in [5, 5.41) is 0. The fourth-order valence-electron chi connectivity index (χ4n) is 1.22. The summed E-state index contributed by atoms with van der Waals surface area (Å²) in [5.41, 5.74) is 3.50. The quantitative estimate of drug-likeness (QED) is 0.667. The van der Waals surface area contributed by atoms with Gasteiger partial charge in [0.15, 0.2) is 0 Å². The van der Waals surface area contributed by atoms with Crippen LogP contribution in [0.3, 0.4) is 0 Å². The topological polar surface area (TPSA) is 9.23 Å². The first-order valence-corrected chi connectivity index (χ1v) is 4.60. The van der Waals surface area contributed by atoms with Crippen molar-refractivity contribution in [3.05, 3.63) is 29.8 Å². The SMILES string of the molecule is CC(C)(C)c1ccccc1O[C]=S. The second-order valence-corrected chi connectivity index (χ2v) is 4.10. The van der Waals surface area contributed by atoms with Crippen molar-refractivity contribution in [1.82, 2.24) is 0 Å². The molecule has 0 aliphatic heterocycles. The molecule has 0 atom stereocenters. The molecule has 0 amide bonds. The molecule has 0 aliphatic rings. The number of para-hydroxylation sites is 1. The highest BCUT2D eigenvalue weighted by Crippen LogP contribution is 2.30. The van der Waals surface area contributed by atoms with Crippen molar-refractivity contribution in [2.45, 2.75) is 26.2 Å². The first-order chi connectivity index (χ1) is 6.05. The summed E-state index contributed by atoms with van der Waals surface area (Å²) in [6.45, 7) is 6.41. The Morgan fingerprint density at radius 1 is 1.23 bits per heavy atom. The molecule has 2 heteroatoms. The van der Waals surface area contributed by atoms with Crippen LogP contribution in [0.1, 0.15) is 26.3 Å². The van der Waals surface area contributed by atoms with Crippen molar-refractivity contribution in [3.8, 4) is 5.75 Å². The van der Waals surface area contributed by atoms with E-state index in [2.05, 4.69) is 38.5 Å². The van der Waals surface area contributed by atoms with E-state index < -0.39 is 0 Å². The van der Waals surface area contributed by atoms with Gasteiger partial charge < -0.3 is 4.74 Å². The predicted octanol–water partition coefficient (Wildman–Crippen LogP) is 3.20. The molecule has 0 fully saturated rings. The number of thiocarbonyl (C=S) groups is 1. The Hall–Kier alpha value is -0.890. The minimum Gasteiger partial charge on any atom is -0.441 e. The van der Waals surface area contributed by atoms with Gasteiger partial charge in [0.1, 0.15) is 5.75 Å². The van der Waals surface area contributed by atoms with Gasteiger partial charge in [-0.3, -0.25) is 0 Å². The fourth-order valence-corrected chi connectivity index (χ4v) is 1.31. The van der Waals surface area contributed by atoms with Crippen molar-refractivity contribution in [2.24, 2.45) is 0 Å². The number of hydrogen-bond acceptors (Lipinski definition) is 2. The standard InChI is InChI=1S/C11H13OS/c1-11(2,3)9-6-4-5-7-10(9)12-8-13/h4-7H,1-3H3. The molecule has 1 nitrogen and oxygen atoms in total. The van der Waals surface area contributed by atoms with Crippen LogP contribution in [-0.2, 0) is 5.41 Å². The molecule has 0 saturated heterocycles. The van der Waals surface area contributed by atoms with Gasteiger partial charge in [0.05, 0.1) is 0 Å². The van der Waals surface area contributed by atoms with Gasteiger partial charge in [-0.1, -0.05) is 39.0 Å². The highest BCUT2D eigenvalue weighted by Gasteiger charge is 2.17. The summed E-state index contributed by atoms with van der Waals surface area (Å²) in [5.74, 6) is 0.796. The van der Waals surface area contributed by atoms with Crippen LogP contribution in [0.5, 0.6) is 5.75 Å². The minimum atomic E-state index is 0.0722. The number of ether oxygens (including phenoxy) is 1. The van der Waals surface area contributed by atoms with Gasteiger partial charge in [0, 0.05) is 5.56 Å². The first-order valence-electron chi connectivity index (χ1n) is 4.19. The Bertz CT molecular complexity index is 299. The molecule has 69 valence electrons. The molecule has 0 unspecified atom stereocenters. The molecule has 1 aromatic carbocycles. The van der Waals surface area contributed by atoms with Crippen molar-refractivity contribution in [2.75, 3.05) is 0 Å². The van der Waals surface area contributed by atoms with Crippen LogP contribution in [0.25, 0.3) is 0 Å². The lowest BCUT2D eigenvalue weighted by atomic mass is 9.86. The number of benzene rings is 1. The Morgan fingerprint density at radius 3 is 2.38 bits per heavy atom. The molecular formula is C11H13OS.